The summed E-state index contributed by atoms with van der Waals surface area (Å²) in [5.74, 6) is -28.8. The summed E-state index contributed by atoms with van der Waals surface area (Å²) in [6, 6.07) is 1.12. The fraction of sp³-hybridized carbons (Fsp3) is 0.0667. The van der Waals surface area contributed by atoms with E-state index >= 15 is 8.78 Å². The van der Waals surface area contributed by atoms with Gasteiger partial charge >= 0.3 is 20.4 Å². The molecule has 56 heavy (non-hydrogen) atoms. The molecule has 0 bridgehead atoms. The molecule has 3 aromatic rings. The van der Waals surface area contributed by atoms with Crippen molar-refractivity contribution in [3.63, 3.8) is 0 Å². The molecule has 0 radical (unpaired) electrons. The highest BCUT2D eigenvalue weighted by Crippen LogP contribution is 3.04. The van der Waals surface area contributed by atoms with Crippen LogP contribution in [0.5, 0.6) is 0 Å². The number of halogens is 20. The SMILES string of the molecule is [C-]#[N+]/C(=C1/Cc2c(S(F)(F)(F)(F)F)c3c(c(S(F)(F)(F)(F)F)c2=C1F)C/C(=C(/C#N)c1c(F)c(F)c(C#N)c(F)c1F)C=3F)c1c(F)c(F)c([N+]#[C-])c(F)c1F. The molecule has 0 N–H and O–H groups in total. The van der Waals surface area contributed by atoms with Crippen LogP contribution in [-0.4, -0.2) is 0 Å². The monoisotopic (exact) mass is 864 g/mol. The van der Waals surface area contributed by atoms with E-state index in [4.69, 9.17) is 18.4 Å². The molecule has 0 saturated carbocycles. The van der Waals surface area contributed by atoms with Gasteiger partial charge in [0.25, 0.3) is 5.69 Å². The Morgan fingerprint density at radius 2 is 0.911 bits per heavy atom. The number of benzene rings is 3. The van der Waals surface area contributed by atoms with Crippen LogP contribution in [0.2, 0.25) is 0 Å². The number of nitrogens with zero attached hydrogens (tertiary/aromatic N) is 4. The molecule has 3 aromatic carbocycles. The molecule has 5 rings (SSSR count). The zero-order chi connectivity index (χ0) is 42.9. The lowest BCUT2D eigenvalue weighted by Crippen LogP contribution is -2.34. The van der Waals surface area contributed by atoms with Crippen LogP contribution in [-0.2, 0) is 12.8 Å². The molecule has 0 unspecified atom stereocenters. The Hall–Kier alpha value is -5.86. The van der Waals surface area contributed by atoms with Gasteiger partial charge < -0.3 is 0 Å². The van der Waals surface area contributed by atoms with Crippen molar-refractivity contribution in [3.05, 3.63) is 119 Å². The molecule has 0 atom stereocenters. The highest BCUT2D eigenvalue weighted by Gasteiger charge is 2.72. The molecule has 296 valence electrons. The van der Waals surface area contributed by atoms with Gasteiger partial charge in [0.1, 0.15) is 50.8 Å². The fourth-order valence-corrected chi connectivity index (χ4v) is 8.55. The van der Waals surface area contributed by atoms with Crippen LogP contribution < -0.4 is 10.4 Å². The van der Waals surface area contributed by atoms with Gasteiger partial charge in [-0.2, -0.15) is 10.5 Å². The third-order valence-corrected chi connectivity index (χ3v) is 10.5. The van der Waals surface area contributed by atoms with Crippen LogP contribution in [0.1, 0.15) is 27.8 Å². The van der Waals surface area contributed by atoms with Crippen LogP contribution in [0.15, 0.2) is 20.9 Å². The van der Waals surface area contributed by atoms with Crippen molar-refractivity contribution in [1.29, 1.82) is 10.5 Å². The van der Waals surface area contributed by atoms with Crippen LogP contribution in [0.4, 0.5) is 88.4 Å². The van der Waals surface area contributed by atoms with Crippen molar-refractivity contribution in [2.24, 2.45) is 0 Å². The molecule has 0 saturated heterocycles. The molecule has 0 aliphatic heterocycles. The maximum Gasteiger partial charge on any atom is 0.311 e. The predicted octanol–water partition coefficient (Wildman–Crippen LogP) is 12.1. The Kier molecular flexibility index (Phi) is 8.05. The summed E-state index contributed by atoms with van der Waals surface area (Å²) >= 11 is 0. The standard InChI is InChI=1S/C30H4F20N4S2/c1-53-27(16-23(37)25(39)28(54-2)26(40)24(16)38)10-4-9-15(18(10)32)29(55(41,42,43,44)45)8-3-7(17(31)14(8)30(9)56(46,47,48,49)50)11(5-51)13-21(35)19(33)12(6-52)20(34)22(13)36/h3-4H2/b11-7+,27-10-. The molecule has 2 aliphatic carbocycles. The summed E-state index contributed by atoms with van der Waals surface area (Å²) in [5, 5.41) is 11.7. The first-order valence-corrected chi connectivity index (χ1v) is 17.5. The summed E-state index contributed by atoms with van der Waals surface area (Å²) < 4.78 is 298. The second-order valence-electron chi connectivity index (χ2n) is 11.4. The van der Waals surface area contributed by atoms with E-state index in [1.807, 2.05) is 0 Å². The van der Waals surface area contributed by atoms with Crippen molar-refractivity contribution in [3.8, 4) is 12.1 Å². The highest BCUT2D eigenvalue weighted by molar-refractivity contribution is 8.46. The Labute approximate surface area is 295 Å². The molecule has 26 heteroatoms. The quantitative estimate of drug-likeness (QED) is 0.114. The van der Waals surface area contributed by atoms with Gasteiger partial charge in [-0.25, -0.2) is 53.6 Å². The zero-order valence-corrected chi connectivity index (χ0v) is 27.2. The van der Waals surface area contributed by atoms with E-state index < -0.39 is 168 Å². The number of hydrogen-bond donors (Lipinski definition) is 0. The van der Waals surface area contributed by atoms with Gasteiger partial charge in [0.05, 0.1) is 29.8 Å². The van der Waals surface area contributed by atoms with Gasteiger partial charge in [-0.15, -0.1) is 0 Å². The first-order valence-electron chi connectivity index (χ1n) is 13.6. The van der Waals surface area contributed by atoms with Crippen molar-refractivity contribution >= 4 is 49.1 Å². The summed E-state index contributed by atoms with van der Waals surface area (Å²) in [7, 11) is -24.2. The molecule has 4 nitrogen and oxygen atoms in total. The van der Waals surface area contributed by atoms with E-state index in [1.54, 1.807) is 0 Å². The van der Waals surface area contributed by atoms with E-state index in [0.717, 1.165) is 0 Å². The molecular formula is C30H4F20N4S2. The number of allylic oxidation sites excluding steroid dienone is 3. The number of hydrogen-bond acceptors (Lipinski definition) is 2. The lowest BCUT2D eigenvalue weighted by Gasteiger charge is -2.45. The third-order valence-electron chi connectivity index (χ3n) is 8.08. The van der Waals surface area contributed by atoms with Crippen LogP contribution in [0, 0.1) is 82.3 Å². The van der Waals surface area contributed by atoms with E-state index in [0.29, 0.717) is 12.1 Å². The maximum atomic E-state index is 16.1. The minimum atomic E-state index is -12.1. The molecule has 0 aromatic heterocycles. The average Bonchev–Trinajstić information content (AvgIpc) is 3.55. The lowest BCUT2D eigenvalue weighted by atomic mass is 9.96. The minimum Gasteiger partial charge on any atom is -0.237 e. The third kappa shape index (κ3) is 5.95. The van der Waals surface area contributed by atoms with Crippen LogP contribution in [0.3, 0.4) is 0 Å². The summed E-state index contributed by atoms with van der Waals surface area (Å²) in [5.41, 5.74) is -24.8. The van der Waals surface area contributed by atoms with Gasteiger partial charge in [-0.1, -0.05) is 38.9 Å². The van der Waals surface area contributed by atoms with Gasteiger partial charge in [-0.05, 0) is 23.1 Å². The van der Waals surface area contributed by atoms with Gasteiger partial charge in [0.15, 0.2) is 34.9 Å². The largest absolute Gasteiger partial charge is 0.311 e. The summed E-state index contributed by atoms with van der Waals surface area (Å²) in [6.07, 6.45) is -5.44. The Morgan fingerprint density at radius 1 is 0.536 bits per heavy atom. The molecule has 0 fully saturated rings. The molecule has 2 aliphatic rings. The Bertz CT molecular complexity index is 2600. The molecule has 0 heterocycles. The van der Waals surface area contributed by atoms with E-state index in [1.165, 1.54) is 0 Å². The maximum absolute atomic E-state index is 16.1. The Balaban J connectivity index is 2.12. The first kappa shape index (κ1) is 41.3. The van der Waals surface area contributed by atoms with Gasteiger partial charge in [-0.3, -0.25) is 0 Å². The second kappa shape index (κ2) is 10.9. The van der Waals surface area contributed by atoms with Crippen LogP contribution >= 0.6 is 20.4 Å². The van der Waals surface area contributed by atoms with Gasteiger partial charge in [0.2, 0.25) is 5.70 Å². The molecular weight excluding hydrogens is 860 g/mol. The number of nitriles is 2. The average molecular weight is 864 g/mol. The first-order chi connectivity index (χ1) is 25.1. The van der Waals surface area contributed by atoms with Crippen molar-refractivity contribution in [1.82, 2.24) is 0 Å². The van der Waals surface area contributed by atoms with E-state index in [2.05, 4.69) is 9.69 Å². The summed E-state index contributed by atoms with van der Waals surface area (Å²) in [6.45, 7) is 13.7. The van der Waals surface area contributed by atoms with E-state index in [-0.39, 0.29) is 0 Å². The van der Waals surface area contributed by atoms with Gasteiger partial charge in [0, 0.05) is 22.4 Å². The minimum absolute atomic E-state index is 0.529. The smallest absolute Gasteiger partial charge is 0.237 e. The fourth-order valence-electron chi connectivity index (χ4n) is 6.08. The zero-order valence-electron chi connectivity index (χ0n) is 25.6. The molecule has 0 spiro atoms. The van der Waals surface area contributed by atoms with Crippen molar-refractivity contribution < 1.29 is 82.8 Å². The number of fused-ring (bicyclic) bond motifs is 2. The topological polar surface area (TPSA) is 56.3 Å². The second-order valence-corrected chi connectivity index (χ2v) is 16.1. The molecule has 0 amide bonds. The van der Waals surface area contributed by atoms with Crippen molar-refractivity contribution in [2.75, 3.05) is 0 Å². The van der Waals surface area contributed by atoms with E-state index in [9.17, 15) is 79.2 Å². The predicted molar refractivity (Wildman–Crippen MR) is 155 cm³/mol. The summed E-state index contributed by atoms with van der Waals surface area (Å²) in [4.78, 5) is -3.86. The Morgan fingerprint density at radius 3 is 1.25 bits per heavy atom. The highest BCUT2D eigenvalue weighted by atomic mass is 32.5. The normalized spacial score (nSPS) is 18.4. The lowest BCUT2D eigenvalue weighted by molar-refractivity contribution is 0.352. The van der Waals surface area contributed by atoms with Crippen LogP contribution in [0.25, 0.3) is 32.6 Å². The van der Waals surface area contributed by atoms with Crippen molar-refractivity contribution in [2.45, 2.75) is 22.6 Å². The number of rotatable bonds is 4.